The summed E-state index contributed by atoms with van der Waals surface area (Å²) in [6.45, 7) is 0. The molecule has 8 aromatic carbocycles. The Kier molecular flexibility index (Phi) is 12.1. The van der Waals surface area contributed by atoms with Crippen molar-refractivity contribution in [2.24, 2.45) is 0 Å². The number of benzene rings is 8. The quantitative estimate of drug-likeness (QED) is 0.111. The fourth-order valence-electron chi connectivity index (χ4n) is 8.65. The second kappa shape index (κ2) is 17.6. The number of nitrogens with zero attached hydrogens (tertiary/aromatic N) is 4. The maximum absolute atomic E-state index is 15.9. The van der Waals surface area contributed by atoms with Crippen LogP contribution in [-0.2, 0) is 21.5 Å². The number of hydrogen-bond acceptors (Lipinski definition) is 8. The molecule has 0 unspecified atom stereocenters. The van der Waals surface area contributed by atoms with E-state index in [1.54, 1.807) is 0 Å². The molecule has 8 aromatic rings. The third-order valence-electron chi connectivity index (χ3n) is 12.4. The number of anilines is 4. The van der Waals surface area contributed by atoms with Crippen molar-refractivity contribution >= 4 is 79.8 Å². The van der Waals surface area contributed by atoms with Crippen LogP contribution in [0.1, 0.15) is 11.1 Å². The first kappa shape index (κ1) is 44.2. The molecule has 64 heavy (non-hydrogen) atoms. The molecule has 326 valence electrons. The number of rotatable bonds is 13. The molecule has 0 spiro atoms. The summed E-state index contributed by atoms with van der Waals surface area (Å²) in [4.78, 5) is 8.03. The molecule has 8 nitrogen and oxygen atoms in total. The normalized spacial score (nSPS) is 11.8. The van der Waals surface area contributed by atoms with E-state index in [9.17, 15) is 10.2 Å². The van der Waals surface area contributed by atoms with Crippen LogP contribution in [0.3, 0.4) is 0 Å². The predicted molar refractivity (Wildman–Crippen MR) is 274 cm³/mol. The summed E-state index contributed by atoms with van der Waals surface area (Å²) in [5, 5.41) is 31.5. The third kappa shape index (κ3) is 8.25. The van der Waals surface area contributed by atoms with Gasteiger partial charge in [0.25, 0.3) is 0 Å². The number of fused-ring (bicyclic) bond motifs is 2. The fourth-order valence-corrected chi connectivity index (χ4v) is 13.9. The first-order valence-electron chi connectivity index (χ1n) is 21.4. The highest BCUT2D eigenvalue weighted by Crippen LogP contribution is 2.55. The molecular formula is C54H56N4O4P2. The topological polar surface area (TPSA) is 87.6 Å². The molecule has 0 amide bonds. The highest BCUT2D eigenvalue weighted by molar-refractivity contribution is 7.78. The van der Waals surface area contributed by atoms with Crippen molar-refractivity contribution in [3.05, 3.63) is 169 Å². The molecule has 0 aromatic heterocycles. The Morgan fingerprint density at radius 1 is 0.375 bits per heavy atom. The summed E-state index contributed by atoms with van der Waals surface area (Å²) in [5.74, 6) is -0.124. The maximum atomic E-state index is 15.9. The van der Waals surface area contributed by atoms with Gasteiger partial charge in [0.1, 0.15) is 25.8 Å². The average molecular weight is 887 g/mol. The van der Waals surface area contributed by atoms with Crippen molar-refractivity contribution in [3.63, 3.8) is 0 Å². The van der Waals surface area contributed by atoms with E-state index in [4.69, 9.17) is 0 Å². The standard InChI is InChI=1S/C54H56N4O4P2/c1-55(2)41-17-25-45(26-18-41)63(61,46-27-19-42(20-28-46)56(3)4)35-39-33-37-13-9-11-15-49(37)51(53(39)59)52-50-16-12-10-14-38(50)34-40(54(52)60)36-64(62,47-29-21-43(22-30-47)57(5)6)48-31-23-44(24-32-48)58(7)8/h9-34,59-60H,35-36H2,1-8H3. The van der Waals surface area contributed by atoms with Crippen molar-refractivity contribution in [3.8, 4) is 22.6 Å². The first-order valence-corrected chi connectivity index (χ1v) is 25.1. The van der Waals surface area contributed by atoms with Crippen molar-refractivity contribution in [1.82, 2.24) is 0 Å². The van der Waals surface area contributed by atoms with Gasteiger partial charge in [-0.2, -0.15) is 0 Å². The van der Waals surface area contributed by atoms with Gasteiger partial charge in [0.15, 0.2) is 0 Å². The Labute approximate surface area is 377 Å². The van der Waals surface area contributed by atoms with Gasteiger partial charge in [0, 0.05) is 135 Å². The van der Waals surface area contributed by atoms with Crippen molar-refractivity contribution in [1.29, 1.82) is 0 Å². The number of aromatic hydroxyl groups is 2. The Hall–Kier alpha value is -6.46. The van der Waals surface area contributed by atoms with Gasteiger partial charge < -0.3 is 38.9 Å². The SMILES string of the molecule is CN(C)c1ccc(P(=O)(Cc2cc3ccccc3c(-c3c(O)c(CP(=O)(c4ccc(N(C)C)cc4)c4ccc(N(C)C)cc4)cc4ccccc34)c2O)c2ccc(N(C)C)cc2)cc1. The number of phenolic OH excluding ortho intramolecular Hbond substituents is 2. The summed E-state index contributed by atoms with van der Waals surface area (Å²) < 4.78 is 31.9. The summed E-state index contributed by atoms with van der Waals surface area (Å²) in [6.07, 6.45) is 0.0531. The minimum atomic E-state index is -3.45. The Morgan fingerprint density at radius 3 is 0.875 bits per heavy atom. The molecule has 10 heteroatoms. The number of hydrogen-bond donors (Lipinski definition) is 2. The van der Waals surface area contributed by atoms with E-state index >= 15 is 9.13 Å². The largest absolute Gasteiger partial charge is 0.507 e. The van der Waals surface area contributed by atoms with Gasteiger partial charge in [-0.05, 0) is 131 Å². The van der Waals surface area contributed by atoms with E-state index in [0.29, 0.717) is 43.5 Å². The van der Waals surface area contributed by atoms with Crippen molar-refractivity contribution in [2.45, 2.75) is 12.3 Å². The summed E-state index contributed by atoms with van der Waals surface area (Å²) >= 11 is 0. The number of phenols is 2. The van der Waals surface area contributed by atoms with Gasteiger partial charge in [0.05, 0.1) is 0 Å². The molecule has 8 rings (SSSR count). The molecular weight excluding hydrogens is 831 g/mol. The molecule has 0 saturated carbocycles. The van der Waals surface area contributed by atoms with Crippen molar-refractivity contribution < 1.29 is 19.3 Å². The van der Waals surface area contributed by atoms with Crippen molar-refractivity contribution in [2.75, 3.05) is 76.0 Å². The van der Waals surface area contributed by atoms with Crippen LogP contribution in [0.25, 0.3) is 32.7 Å². The fraction of sp³-hybridized carbons (Fsp3) is 0.185. The van der Waals surface area contributed by atoms with Gasteiger partial charge >= 0.3 is 0 Å². The van der Waals surface area contributed by atoms with Crippen LogP contribution in [0.4, 0.5) is 22.7 Å². The van der Waals surface area contributed by atoms with E-state index in [0.717, 1.165) is 44.3 Å². The smallest absolute Gasteiger partial charge is 0.147 e. The Morgan fingerprint density at radius 2 is 0.625 bits per heavy atom. The lowest BCUT2D eigenvalue weighted by atomic mass is 9.89. The molecule has 0 aliphatic heterocycles. The molecule has 0 bridgehead atoms. The van der Waals surface area contributed by atoms with E-state index in [1.807, 2.05) is 234 Å². The average Bonchev–Trinajstić information content (AvgIpc) is 3.30. The van der Waals surface area contributed by atoms with E-state index < -0.39 is 14.3 Å². The predicted octanol–water partition coefficient (Wildman–Crippen LogP) is 10.4. The van der Waals surface area contributed by atoms with Crippen LogP contribution in [0.15, 0.2) is 158 Å². The molecule has 0 aliphatic carbocycles. The van der Waals surface area contributed by atoms with Gasteiger partial charge in [-0.3, -0.25) is 0 Å². The molecule has 0 radical (unpaired) electrons. The molecule has 2 N–H and O–H groups in total. The van der Waals surface area contributed by atoms with Crippen LogP contribution in [0.2, 0.25) is 0 Å². The summed E-state index contributed by atoms with van der Waals surface area (Å²) in [7, 11) is 8.89. The Bertz CT molecular complexity index is 2750. The van der Waals surface area contributed by atoms with Gasteiger partial charge in [-0.25, -0.2) is 0 Å². The van der Waals surface area contributed by atoms with Gasteiger partial charge in [-0.1, -0.05) is 48.5 Å². The third-order valence-corrected chi connectivity index (χ3v) is 18.5. The molecule has 0 atom stereocenters. The highest BCUT2D eigenvalue weighted by Gasteiger charge is 2.34. The Balaban J connectivity index is 1.34. The van der Waals surface area contributed by atoms with Gasteiger partial charge in [-0.15, -0.1) is 0 Å². The lowest BCUT2D eigenvalue weighted by Gasteiger charge is -2.25. The maximum Gasteiger partial charge on any atom is 0.147 e. The van der Waals surface area contributed by atoms with Crippen LogP contribution < -0.4 is 40.8 Å². The lowest BCUT2D eigenvalue weighted by molar-refractivity contribution is 0.465. The van der Waals surface area contributed by atoms with E-state index in [1.165, 1.54) is 0 Å². The second-order valence-electron chi connectivity index (χ2n) is 17.4. The molecule has 0 heterocycles. The van der Waals surface area contributed by atoms with Crippen LogP contribution in [-0.4, -0.2) is 66.6 Å². The summed E-state index contributed by atoms with van der Waals surface area (Å²) in [6, 6.07) is 50.7. The second-order valence-corrected chi connectivity index (χ2v) is 23.1. The minimum Gasteiger partial charge on any atom is -0.507 e. The zero-order valence-corrected chi connectivity index (χ0v) is 39.6. The van der Waals surface area contributed by atoms with Crippen LogP contribution in [0.5, 0.6) is 11.5 Å². The zero-order valence-electron chi connectivity index (χ0n) is 37.8. The summed E-state index contributed by atoms with van der Waals surface area (Å²) in [5.41, 5.74) is 5.78. The van der Waals surface area contributed by atoms with Crippen LogP contribution in [0, 0.1) is 0 Å². The minimum absolute atomic E-state index is 0.0266. The monoisotopic (exact) mass is 886 g/mol. The molecule has 0 fully saturated rings. The van der Waals surface area contributed by atoms with Crippen LogP contribution >= 0.6 is 14.3 Å². The van der Waals surface area contributed by atoms with E-state index in [2.05, 4.69) is 0 Å². The highest BCUT2D eigenvalue weighted by atomic mass is 31.2. The molecule has 0 saturated heterocycles. The zero-order chi connectivity index (χ0) is 45.5. The first-order chi connectivity index (χ1) is 30.6. The van der Waals surface area contributed by atoms with E-state index in [-0.39, 0.29) is 23.8 Å². The van der Waals surface area contributed by atoms with Gasteiger partial charge in [0.2, 0.25) is 0 Å². The lowest BCUT2D eigenvalue weighted by Crippen LogP contribution is -2.19. The molecule has 0 aliphatic rings.